The molecule has 0 saturated heterocycles. The van der Waals surface area contributed by atoms with Crippen molar-refractivity contribution in [3.05, 3.63) is 52.7 Å². The summed E-state index contributed by atoms with van der Waals surface area (Å²) in [5, 5.41) is 6.94. The highest BCUT2D eigenvalue weighted by Crippen LogP contribution is 2.14. The van der Waals surface area contributed by atoms with Crippen LogP contribution in [-0.4, -0.2) is 31.9 Å². The minimum atomic E-state index is -2.88. The number of carbonyl (C=O) groups excluding carboxylic acids is 1. The number of fused-ring (bicyclic) bond motifs is 1. The summed E-state index contributed by atoms with van der Waals surface area (Å²) in [4.78, 5) is 28.5. The van der Waals surface area contributed by atoms with Gasteiger partial charge in [-0.25, -0.2) is 4.98 Å². The van der Waals surface area contributed by atoms with Gasteiger partial charge in [-0.1, -0.05) is 12.1 Å². The molecule has 1 N–H and O–H groups in total. The van der Waals surface area contributed by atoms with Crippen LogP contribution in [0.4, 0.5) is 8.78 Å². The predicted molar refractivity (Wildman–Crippen MR) is 87.7 cm³/mol. The SMILES string of the molecule is Cn1ncc2c(=O)n(CC(=O)NCc3ccc(OC(F)F)cc3)cnc21. The Labute approximate surface area is 146 Å². The number of rotatable bonds is 6. The molecule has 3 rings (SSSR count). The molecule has 0 saturated carbocycles. The highest BCUT2D eigenvalue weighted by atomic mass is 19.3. The van der Waals surface area contributed by atoms with Crippen molar-refractivity contribution in [2.24, 2.45) is 7.05 Å². The molecule has 1 aromatic carbocycles. The molecular formula is C16H15F2N5O3. The Balaban J connectivity index is 1.61. The van der Waals surface area contributed by atoms with E-state index in [2.05, 4.69) is 20.1 Å². The van der Waals surface area contributed by atoms with Gasteiger partial charge in [0, 0.05) is 13.6 Å². The number of aromatic nitrogens is 4. The van der Waals surface area contributed by atoms with E-state index in [1.807, 2.05) is 0 Å². The normalized spacial score (nSPS) is 11.1. The fraction of sp³-hybridized carbons (Fsp3) is 0.250. The summed E-state index contributed by atoms with van der Waals surface area (Å²) in [5.74, 6) is -0.345. The van der Waals surface area contributed by atoms with E-state index < -0.39 is 6.61 Å². The van der Waals surface area contributed by atoms with Crippen molar-refractivity contribution in [1.29, 1.82) is 0 Å². The molecule has 1 amide bonds. The second-order valence-corrected chi connectivity index (χ2v) is 5.48. The lowest BCUT2D eigenvalue weighted by atomic mass is 10.2. The van der Waals surface area contributed by atoms with E-state index in [1.165, 1.54) is 33.9 Å². The van der Waals surface area contributed by atoms with Gasteiger partial charge < -0.3 is 10.1 Å². The van der Waals surface area contributed by atoms with E-state index in [1.54, 1.807) is 19.2 Å². The van der Waals surface area contributed by atoms with Crippen molar-refractivity contribution in [3.63, 3.8) is 0 Å². The number of hydrogen-bond acceptors (Lipinski definition) is 5. The molecule has 136 valence electrons. The molecule has 0 aliphatic rings. The summed E-state index contributed by atoms with van der Waals surface area (Å²) in [7, 11) is 1.67. The Bertz CT molecular complexity index is 982. The van der Waals surface area contributed by atoms with Crippen molar-refractivity contribution in [3.8, 4) is 5.75 Å². The van der Waals surface area contributed by atoms with Crippen LogP contribution < -0.4 is 15.6 Å². The lowest BCUT2D eigenvalue weighted by Gasteiger charge is -2.08. The number of hydrogen-bond donors (Lipinski definition) is 1. The second kappa shape index (κ2) is 7.30. The molecule has 10 heteroatoms. The Morgan fingerprint density at radius 3 is 2.73 bits per heavy atom. The van der Waals surface area contributed by atoms with Gasteiger partial charge in [0.2, 0.25) is 5.91 Å². The molecule has 2 heterocycles. The molecule has 26 heavy (non-hydrogen) atoms. The van der Waals surface area contributed by atoms with E-state index in [0.717, 1.165) is 0 Å². The van der Waals surface area contributed by atoms with Gasteiger partial charge in [0.05, 0.1) is 6.20 Å². The largest absolute Gasteiger partial charge is 0.435 e. The van der Waals surface area contributed by atoms with Crippen molar-refractivity contribution >= 4 is 16.9 Å². The van der Waals surface area contributed by atoms with Crippen LogP contribution in [0.15, 0.2) is 41.6 Å². The van der Waals surface area contributed by atoms with Crippen molar-refractivity contribution in [2.75, 3.05) is 0 Å². The van der Waals surface area contributed by atoms with Crippen molar-refractivity contribution in [2.45, 2.75) is 19.7 Å². The summed E-state index contributed by atoms with van der Waals surface area (Å²) in [6, 6.07) is 5.90. The molecule has 8 nitrogen and oxygen atoms in total. The van der Waals surface area contributed by atoms with Gasteiger partial charge in [-0.15, -0.1) is 0 Å². The number of aryl methyl sites for hydroxylation is 1. The van der Waals surface area contributed by atoms with Crippen LogP contribution in [0.5, 0.6) is 5.75 Å². The molecule has 0 radical (unpaired) electrons. The van der Waals surface area contributed by atoms with Crippen LogP contribution in [0.3, 0.4) is 0 Å². The van der Waals surface area contributed by atoms with Gasteiger partial charge in [-0.05, 0) is 17.7 Å². The van der Waals surface area contributed by atoms with Crippen molar-refractivity contribution in [1.82, 2.24) is 24.6 Å². The Kier molecular flexibility index (Phi) is 4.92. The quantitative estimate of drug-likeness (QED) is 0.707. The molecule has 0 aliphatic carbocycles. The lowest BCUT2D eigenvalue weighted by Crippen LogP contribution is -2.32. The zero-order valence-corrected chi connectivity index (χ0v) is 13.7. The minimum absolute atomic E-state index is 0.0393. The smallest absolute Gasteiger partial charge is 0.387 e. The number of nitrogens with zero attached hydrogens (tertiary/aromatic N) is 4. The van der Waals surface area contributed by atoms with E-state index in [4.69, 9.17) is 0 Å². The predicted octanol–water partition coefficient (Wildman–Crippen LogP) is 1.05. The van der Waals surface area contributed by atoms with Gasteiger partial charge in [-0.3, -0.25) is 18.8 Å². The first-order valence-electron chi connectivity index (χ1n) is 7.61. The molecule has 0 aliphatic heterocycles. The monoisotopic (exact) mass is 363 g/mol. The van der Waals surface area contributed by atoms with Gasteiger partial charge in [0.15, 0.2) is 5.65 Å². The standard InChI is InChI=1S/C16H15F2N5O3/c1-22-14-12(7-21-22)15(25)23(9-20-14)8-13(24)19-6-10-2-4-11(5-3-10)26-16(17)18/h2-5,7,9,16H,6,8H2,1H3,(H,19,24). The van der Waals surface area contributed by atoms with E-state index >= 15 is 0 Å². The summed E-state index contributed by atoms with van der Waals surface area (Å²) in [5.41, 5.74) is 0.790. The number of ether oxygens (including phenoxy) is 1. The highest BCUT2D eigenvalue weighted by Gasteiger charge is 2.11. The fourth-order valence-corrected chi connectivity index (χ4v) is 2.38. The van der Waals surface area contributed by atoms with Crippen LogP contribution >= 0.6 is 0 Å². The van der Waals surface area contributed by atoms with Crippen LogP contribution in [0, 0.1) is 0 Å². The third kappa shape index (κ3) is 3.85. The summed E-state index contributed by atoms with van der Waals surface area (Å²) < 4.78 is 31.1. The zero-order chi connectivity index (χ0) is 18.7. The van der Waals surface area contributed by atoms with Gasteiger partial charge in [-0.2, -0.15) is 13.9 Å². The summed E-state index contributed by atoms with van der Waals surface area (Å²) in [6.45, 7) is -2.89. The maximum Gasteiger partial charge on any atom is 0.387 e. The molecule has 0 bridgehead atoms. The molecule has 3 aromatic rings. The molecule has 0 unspecified atom stereocenters. The van der Waals surface area contributed by atoms with Crippen LogP contribution in [0.25, 0.3) is 11.0 Å². The lowest BCUT2D eigenvalue weighted by molar-refractivity contribution is -0.121. The van der Waals surface area contributed by atoms with Crippen LogP contribution in [0.2, 0.25) is 0 Å². The maximum atomic E-state index is 12.3. The highest BCUT2D eigenvalue weighted by molar-refractivity contribution is 5.77. The van der Waals surface area contributed by atoms with E-state index in [9.17, 15) is 18.4 Å². The number of halogens is 2. The number of carbonyl (C=O) groups is 1. The first-order chi connectivity index (χ1) is 12.4. The number of alkyl halides is 2. The second-order valence-electron chi connectivity index (χ2n) is 5.48. The summed E-state index contributed by atoms with van der Waals surface area (Å²) >= 11 is 0. The first kappa shape index (κ1) is 17.5. The maximum absolute atomic E-state index is 12.3. The molecule has 0 atom stereocenters. The average Bonchev–Trinajstić information content (AvgIpc) is 2.98. The van der Waals surface area contributed by atoms with Gasteiger partial charge in [0.1, 0.15) is 24.0 Å². The number of amides is 1. The third-order valence-corrected chi connectivity index (χ3v) is 3.67. The van der Waals surface area contributed by atoms with E-state index in [0.29, 0.717) is 16.6 Å². The van der Waals surface area contributed by atoms with Crippen LogP contribution in [-0.2, 0) is 24.9 Å². The Hall–Kier alpha value is -3.30. The van der Waals surface area contributed by atoms with E-state index in [-0.39, 0.29) is 30.3 Å². The van der Waals surface area contributed by atoms with Gasteiger partial charge >= 0.3 is 6.61 Å². The van der Waals surface area contributed by atoms with Gasteiger partial charge in [0.25, 0.3) is 5.56 Å². The summed E-state index contributed by atoms with van der Waals surface area (Å²) in [6.07, 6.45) is 2.70. The molecular weight excluding hydrogens is 348 g/mol. The molecule has 0 spiro atoms. The molecule has 0 fully saturated rings. The zero-order valence-electron chi connectivity index (χ0n) is 13.7. The van der Waals surface area contributed by atoms with Crippen molar-refractivity contribution < 1.29 is 18.3 Å². The number of benzene rings is 1. The third-order valence-electron chi connectivity index (χ3n) is 3.67. The molecule has 2 aromatic heterocycles. The topological polar surface area (TPSA) is 91.0 Å². The Morgan fingerprint density at radius 2 is 2.04 bits per heavy atom. The first-order valence-corrected chi connectivity index (χ1v) is 7.61. The number of nitrogens with one attached hydrogen (secondary N) is 1. The fourth-order valence-electron chi connectivity index (χ4n) is 2.38. The Morgan fingerprint density at radius 1 is 1.31 bits per heavy atom. The minimum Gasteiger partial charge on any atom is -0.435 e. The van der Waals surface area contributed by atoms with Crippen LogP contribution in [0.1, 0.15) is 5.56 Å². The average molecular weight is 363 g/mol.